The molecule has 0 radical (unpaired) electrons. The lowest BCUT2D eigenvalue weighted by Crippen LogP contribution is -2.16. The Kier molecular flexibility index (Phi) is 4.94. The van der Waals surface area contributed by atoms with E-state index in [1.165, 1.54) is 11.8 Å². The number of aryl methyl sites for hydroxylation is 1. The number of nitrogens with one attached hydrogen (secondary N) is 1. The van der Waals surface area contributed by atoms with Crippen molar-refractivity contribution in [3.8, 4) is 0 Å². The molecule has 3 N–H and O–H groups in total. The summed E-state index contributed by atoms with van der Waals surface area (Å²) in [6.07, 6.45) is 1.68. The first kappa shape index (κ1) is 15.1. The van der Waals surface area contributed by atoms with Crippen molar-refractivity contribution < 1.29 is 9.59 Å². The molecule has 108 valence electrons. The number of anilines is 1. The first-order chi connectivity index (χ1) is 10.1. The molecule has 2 rings (SSSR count). The van der Waals surface area contributed by atoms with Gasteiger partial charge in [-0.05, 0) is 30.7 Å². The van der Waals surface area contributed by atoms with E-state index in [2.05, 4.69) is 10.3 Å². The largest absolute Gasteiger partial charge is 0.369 e. The second-order valence-corrected chi connectivity index (χ2v) is 5.44. The summed E-state index contributed by atoms with van der Waals surface area (Å²) in [5.74, 6) is -0.0674. The third kappa shape index (κ3) is 4.32. The third-order valence-corrected chi connectivity index (χ3v) is 3.75. The zero-order valence-electron chi connectivity index (χ0n) is 11.5. The molecule has 2 aromatic rings. The van der Waals surface area contributed by atoms with E-state index in [0.717, 1.165) is 5.56 Å². The van der Waals surface area contributed by atoms with Gasteiger partial charge in [-0.15, -0.1) is 11.8 Å². The second-order valence-electron chi connectivity index (χ2n) is 4.43. The lowest BCUT2D eigenvalue weighted by molar-refractivity contribution is -0.115. The SMILES string of the molecule is Cc1ccc(NC(=O)c2ccccc2SCC(N)=O)nc1. The maximum absolute atomic E-state index is 12.3. The minimum Gasteiger partial charge on any atom is -0.369 e. The third-order valence-electron chi connectivity index (χ3n) is 2.65. The zero-order chi connectivity index (χ0) is 15.2. The maximum Gasteiger partial charge on any atom is 0.257 e. The topological polar surface area (TPSA) is 85.1 Å². The number of pyridine rings is 1. The van der Waals surface area contributed by atoms with Crippen molar-refractivity contribution >= 4 is 29.4 Å². The summed E-state index contributed by atoms with van der Waals surface area (Å²) in [6.45, 7) is 1.92. The standard InChI is InChI=1S/C15H15N3O2S/c1-10-6-7-14(17-8-10)18-15(20)11-4-2-3-5-12(11)21-9-13(16)19/h2-8H,9H2,1H3,(H2,16,19)(H,17,18,20). The molecule has 5 nitrogen and oxygen atoms in total. The number of carbonyl (C=O) groups is 2. The van der Waals surface area contributed by atoms with Crippen LogP contribution in [0.25, 0.3) is 0 Å². The van der Waals surface area contributed by atoms with Gasteiger partial charge in [-0.25, -0.2) is 4.98 Å². The lowest BCUT2D eigenvalue weighted by atomic mass is 10.2. The fourth-order valence-corrected chi connectivity index (χ4v) is 2.44. The fraction of sp³-hybridized carbons (Fsp3) is 0.133. The van der Waals surface area contributed by atoms with E-state index in [0.29, 0.717) is 16.3 Å². The van der Waals surface area contributed by atoms with Gasteiger partial charge in [0.25, 0.3) is 5.91 Å². The minimum atomic E-state index is -0.421. The van der Waals surface area contributed by atoms with Gasteiger partial charge in [0.2, 0.25) is 5.91 Å². The number of primary amides is 1. The van der Waals surface area contributed by atoms with Gasteiger partial charge in [0, 0.05) is 11.1 Å². The van der Waals surface area contributed by atoms with Gasteiger partial charge in [0.1, 0.15) is 5.82 Å². The predicted octanol–water partition coefficient (Wildman–Crippen LogP) is 2.22. The number of benzene rings is 1. The second kappa shape index (κ2) is 6.90. The summed E-state index contributed by atoms with van der Waals surface area (Å²) in [5.41, 5.74) is 6.64. The molecular formula is C15H15N3O2S. The molecule has 0 aliphatic rings. The Morgan fingerprint density at radius 1 is 1.24 bits per heavy atom. The molecule has 1 aromatic heterocycles. The first-order valence-corrected chi connectivity index (χ1v) is 7.29. The van der Waals surface area contributed by atoms with Crippen LogP contribution in [-0.2, 0) is 4.79 Å². The van der Waals surface area contributed by atoms with Crippen LogP contribution in [0.1, 0.15) is 15.9 Å². The molecule has 1 aromatic carbocycles. The molecule has 1 heterocycles. The normalized spacial score (nSPS) is 10.1. The summed E-state index contributed by atoms with van der Waals surface area (Å²) in [4.78, 5) is 28.0. The quantitative estimate of drug-likeness (QED) is 0.829. The fourth-order valence-electron chi connectivity index (χ4n) is 1.65. The molecule has 0 spiro atoms. The van der Waals surface area contributed by atoms with Crippen LogP contribution >= 0.6 is 11.8 Å². The number of nitrogens with zero attached hydrogens (tertiary/aromatic N) is 1. The molecule has 0 fully saturated rings. The summed E-state index contributed by atoms with van der Waals surface area (Å²) < 4.78 is 0. The predicted molar refractivity (Wildman–Crippen MR) is 83.3 cm³/mol. The van der Waals surface area contributed by atoms with Gasteiger partial charge in [0.15, 0.2) is 0 Å². The minimum absolute atomic E-state index is 0.132. The van der Waals surface area contributed by atoms with Gasteiger partial charge < -0.3 is 11.1 Å². The van der Waals surface area contributed by atoms with E-state index in [1.807, 2.05) is 19.1 Å². The molecule has 0 atom stereocenters. The van der Waals surface area contributed by atoms with Crippen LogP contribution in [0.15, 0.2) is 47.5 Å². The molecule has 0 saturated heterocycles. The first-order valence-electron chi connectivity index (χ1n) is 6.30. The molecule has 21 heavy (non-hydrogen) atoms. The summed E-state index contributed by atoms with van der Waals surface area (Å²) in [6, 6.07) is 10.7. The number of carbonyl (C=O) groups excluding carboxylic acids is 2. The number of nitrogens with two attached hydrogens (primary N) is 1. The van der Waals surface area contributed by atoms with E-state index in [9.17, 15) is 9.59 Å². The Bertz CT molecular complexity index is 656. The molecule has 0 saturated carbocycles. The van der Waals surface area contributed by atoms with Crippen LogP contribution in [0.4, 0.5) is 5.82 Å². The number of thioether (sulfide) groups is 1. The van der Waals surface area contributed by atoms with Crippen molar-refractivity contribution in [3.05, 3.63) is 53.7 Å². The monoisotopic (exact) mass is 301 g/mol. The lowest BCUT2D eigenvalue weighted by Gasteiger charge is -2.09. The highest BCUT2D eigenvalue weighted by atomic mass is 32.2. The van der Waals surface area contributed by atoms with E-state index in [-0.39, 0.29) is 11.7 Å². The van der Waals surface area contributed by atoms with Gasteiger partial charge in [-0.1, -0.05) is 18.2 Å². The van der Waals surface area contributed by atoms with Crippen molar-refractivity contribution in [1.29, 1.82) is 0 Å². The van der Waals surface area contributed by atoms with E-state index in [4.69, 9.17) is 5.73 Å². The molecule has 0 aliphatic carbocycles. The van der Waals surface area contributed by atoms with E-state index < -0.39 is 5.91 Å². The summed E-state index contributed by atoms with van der Waals surface area (Å²) >= 11 is 1.24. The molecule has 6 heteroatoms. The van der Waals surface area contributed by atoms with Crippen LogP contribution < -0.4 is 11.1 Å². The Hall–Kier alpha value is -2.34. The smallest absolute Gasteiger partial charge is 0.257 e. The van der Waals surface area contributed by atoms with Crippen LogP contribution in [0.3, 0.4) is 0 Å². The van der Waals surface area contributed by atoms with Crippen molar-refractivity contribution in [3.63, 3.8) is 0 Å². The van der Waals surface area contributed by atoms with Crippen LogP contribution in [0.2, 0.25) is 0 Å². The Morgan fingerprint density at radius 3 is 2.67 bits per heavy atom. The highest BCUT2D eigenvalue weighted by Gasteiger charge is 2.12. The van der Waals surface area contributed by atoms with Crippen LogP contribution in [0, 0.1) is 6.92 Å². The number of amides is 2. The van der Waals surface area contributed by atoms with Gasteiger partial charge >= 0.3 is 0 Å². The van der Waals surface area contributed by atoms with Crippen LogP contribution in [0.5, 0.6) is 0 Å². The number of aromatic nitrogens is 1. The van der Waals surface area contributed by atoms with E-state index >= 15 is 0 Å². The zero-order valence-corrected chi connectivity index (χ0v) is 12.3. The molecular weight excluding hydrogens is 286 g/mol. The summed E-state index contributed by atoms with van der Waals surface area (Å²) in [5, 5.41) is 2.73. The van der Waals surface area contributed by atoms with Crippen molar-refractivity contribution in [1.82, 2.24) is 4.98 Å². The average molecular weight is 301 g/mol. The number of hydrogen-bond donors (Lipinski definition) is 2. The number of hydrogen-bond acceptors (Lipinski definition) is 4. The van der Waals surface area contributed by atoms with Gasteiger partial charge in [-0.2, -0.15) is 0 Å². The maximum atomic E-state index is 12.3. The molecule has 0 bridgehead atoms. The van der Waals surface area contributed by atoms with Crippen molar-refractivity contribution in [2.24, 2.45) is 5.73 Å². The highest BCUT2D eigenvalue weighted by molar-refractivity contribution is 8.00. The van der Waals surface area contributed by atoms with Gasteiger partial charge in [-0.3, -0.25) is 9.59 Å². The Labute approximate surface area is 127 Å². The summed E-state index contributed by atoms with van der Waals surface area (Å²) in [7, 11) is 0. The molecule has 0 aliphatic heterocycles. The molecule has 2 amide bonds. The van der Waals surface area contributed by atoms with Gasteiger partial charge in [0.05, 0.1) is 11.3 Å². The van der Waals surface area contributed by atoms with Crippen molar-refractivity contribution in [2.45, 2.75) is 11.8 Å². The Balaban J connectivity index is 2.14. The van der Waals surface area contributed by atoms with Crippen molar-refractivity contribution in [2.75, 3.05) is 11.1 Å². The van der Waals surface area contributed by atoms with Crippen LogP contribution in [-0.4, -0.2) is 22.6 Å². The van der Waals surface area contributed by atoms with E-state index in [1.54, 1.807) is 30.5 Å². The average Bonchev–Trinajstić information content (AvgIpc) is 2.47. The Morgan fingerprint density at radius 2 is 2.00 bits per heavy atom. The number of rotatable bonds is 5. The highest BCUT2D eigenvalue weighted by Crippen LogP contribution is 2.23. The molecule has 0 unspecified atom stereocenters.